The molecule has 1 unspecified atom stereocenters. The Morgan fingerprint density at radius 2 is 0.688 bits per heavy atom. The summed E-state index contributed by atoms with van der Waals surface area (Å²) in [5.74, 6) is -0.529. The van der Waals surface area contributed by atoms with Crippen LogP contribution in [0.1, 0.15) is 278 Å². The van der Waals surface area contributed by atoms with E-state index in [1.165, 1.54) is 186 Å². The molecular formula is C59H106O5. The van der Waals surface area contributed by atoms with Gasteiger partial charge in [0.1, 0.15) is 6.61 Å². The normalized spacial score (nSPS) is 12.6. The Morgan fingerprint density at radius 3 is 1.06 bits per heavy atom. The van der Waals surface area contributed by atoms with Crippen LogP contribution in [0.25, 0.3) is 0 Å². The third kappa shape index (κ3) is 52.2. The summed E-state index contributed by atoms with van der Waals surface area (Å²) < 4.78 is 17.3. The molecular weight excluding hydrogens is 789 g/mol. The fraction of sp³-hybridized carbons (Fsp3) is 0.797. The molecule has 0 aromatic heterocycles. The third-order valence-electron chi connectivity index (χ3n) is 12.1. The summed E-state index contributed by atoms with van der Waals surface area (Å²) in [6.07, 6.45) is 69.8. The van der Waals surface area contributed by atoms with Crippen molar-refractivity contribution >= 4 is 11.9 Å². The van der Waals surface area contributed by atoms with Crippen LogP contribution in [0.4, 0.5) is 0 Å². The molecule has 0 saturated heterocycles. The van der Waals surface area contributed by atoms with Gasteiger partial charge in [-0.15, -0.1) is 0 Å². The average Bonchev–Trinajstić information content (AvgIpc) is 3.30. The van der Waals surface area contributed by atoms with Crippen molar-refractivity contribution in [1.82, 2.24) is 0 Å². The number of unbranched alkanes of at least 4 members (excludes halogenated alkanes) is 31. The molecule has 0 fully saturated rings. The van der Waals surface area contributed by atoms with Gasteiger partial charge in [0.05, 0.1) is 13.0 Å². The van der Waals surface area contributed by atoms with E-state index in [9.17, 15) is 9.59 Å². The molecule has 0 aliphatic heterocycles. The lowest BCUT2D eigenvalue weighted by molar-refractivity contribution is -0.162. The van der Waals surface area contributed by atoms with Gasteiger partial charge in [-0.2, -0.15) is 0 Å². The van der Waals surface area contributed by atoms with Crippen LogP contribution >= 0.6 is 0 Å². The Bertz CT molecular complexity index is 1100. The van der Waals surface area contributed by atoms with Gasteiger partial charge in [-0.3, -0.25) is 9.59 Å². The number of carbonyl (C=O) groups excluding carboxylic acids is 2. The van der Waals surface area contributed by atoms with Gasteiger partial charge in [-0.25, -0.2) is 0 Å². The molecule has 0 saturated carbocycles. The molecule has 0 aliphatic rings. The molecule has 0 amide bonds. The summed E-state index contributed by atoms with van der Waals surface area (Å²) in [6, 6.07) is 0. The monoisotopic (exact) mass is 895 g/mol. The summed E-state index contributed by atoms with van der Waals surface area (Å²) in [5, 5.41) is 0. The second-order valence-corrected chi connectivity index (χ2v) is 18.5. The largest absolute Gasteiger partial charge is 0.462 e. The van der Waals surface area contributed by atoms with E-state index in [2.05, 4.69) is 69.4 Å². The van der Waals surface area contributed by atoms with Crippen molar-refractivity contribution in [3.63, 3.8) is 0 Å². The van der Waals surface area contributed by atoms with E-state index < -0.39 is 6.10 Å². The maximum Gasteiger partial charge on any atom is 0.310 e. The summed E-state index contributed by atoms with van der Waals surface area (Å²) >= 11 is 0. The fourth-order valence-electron chi connectivity index (χ4n) is 8.00. The van der Waals surface area contributed by atoms with Crippen molar-refractivity contribution in [2.45, 2.75) is 284 Å². The topological polar surface area (TPSA) is 61.8 Å². The zero-order valence-corrected chi connectivity index (χ0v) is 42.8. The third-order valence-corrected chi connectivity index (χ3v) is 12.1. The van der Waals surface area contributed by atoms with Gasteiger partial charge in [0, 0.05) is 13.0 Å². The van der Waals surface area contributed by atoms with Gasteiger partial charge in [0.25, 0.3) is 0 Å². The molecule has 0 spiro atoms. The maximum atomic E-state index is 12.8. The number of carbonyl (C=O) groups is 2. The van der Waals surface area contributed by atoms with Crippen molar-refractivity contribution < 1.29 is 23.8 Å². The number of ether oxygens (including phenoxy) is 3. The molecule has 5 heteroatoms. The van der Waals surface area contributed by atoms with E-state index in [0.717, 1.165) is 57.8 Å². The Kier molecular flexibility index (Phi) is 52.9. The Morgan fingerprint density at radius 1 is 0.359 bits per heavy atom. The van der Waals surface area contributed by atoms with Crippen LogP contribution in [-0.4, -0.2) is 37.9 Å². The van der Waals surface area contributed by atoms with Crippen LogP contribution in [0.15, 0.2) is 60.8 Å². The van der Waals surface area contributed by atoms with Crippen LogP contribution in [0.5, 0.6) is 0 Å². The highest BCUT2D eigenvalue weighted by atomic mass is 16.6. The van der Waals surface area contributed by atoms with Gasteiger partial charge in [0.15, 0.2) is 6.10 Å². The highest BCUT2D eigenvalue weighted by Gasteiger charge is 2.17. The van der Waals surface area contributed by atoms with Gasteiger partial charge >= 0.3 is 11.9 Å². The minimum Gasteiger partial charge on any atom is -0.462 e. The first-order valence-corrected chi connectivity index (χ1v) is 27.8. The molecule has 1 atom stereocenters. The van der Waals surface area contributed by atoms with Crippen LogP contribution in [0, 0.1) is 0 Å². The molecule has 0 aromatic carbocycles. The molecule has 0 aromatic rings. The summed E-state index contributed by atoms with van der Waals surface area (Å²) in [4.78, 5) is 25.4. The first-order valence-electron chi connectivity index (χ1n) is 27.8. The van der Waals surface area contributed by atoms with Gasteiger partial charge in [-0.05, 0) is 44.9 Å². The molecule has 372 valence electrons. The minimum atomic E-state index is -0.587. The number of rotatable bonds is 51. The lowest BCUT2D eigenvalue weighted by atomic mass is 10.0. The average molecular weight is 895 g/mol. The Hall–Kier alpha value is -2.40. The summed E-state index contributed by atoms with van der Waals surface area (Å²) in [6.45, 7) is 7.66. The van der Waals surface area contributed by atoms with Crippen LogP contribution in [0.2, 0.25) is 0 Å². The van der Waals surface area contributed by atoms with E-state index >= 15 is 0 Å². The fourth-order valence-corrected chi connectivity index (χ4v) is 8.00. The molecule has 0 N–H and O–H groups in total. The highest BCUT2D eigenvalue weighted by molar-refractivity contribution is 5.71. The molecule has 5 nitrogen and oxygen atoms in total. The zero-order chi connectivity index (χ0) is 46.3. The number of hydrogen-bond acceptors (Lipinski definition) is 5. The van der Waals surface area contributed by atoms with Crippen LogP contribution < -0.4 is 0 Å². The van der Waals surface area contributed by atoms with Crippen LogP contribution in [0.3, 0.4) is 0 Å². The predicted molar refractivity (Wildman–Crippen MR) is 279 cm³/mol. The second kappa shape index (κ2) is 54.9. The summed E-state index contributed by atoms with van der Waals surface area (Å²) in [7, 11) is 0. The van der Waals surface area contributed by atoms with E-state index in [4.69, 9.17) is 14.2 Å². The van der Waals surface area contributed by atoms with Gasteiger partial charge in [-0.1, -0.05) is 281 Å². The van der Waals surface area contributed by atoms with Gasteiger partial charge < -0.3 is 14.2 Å². The molecule has 0 rings (SSSR count). The van der Waals surface area contributed by atoms with E-state index in [-0.39, 0.29) is 31.6 Å². The highest BCUT2D eigenvalue weighted by Crippen LogP contribution is 2.16. The molecule has 0 bridgehead atoms. The predicted octanol–water partition coefficient (Wildman–Crippen LogP) is 18.9. The maximum absolute atomic E-state index is 12.8. The standard InChI is InChI=1S/C59H106O5/c1-4-7-10-13-16-19-22-25-28-29-30-31-33-34-37-40-43-46-49-52-58(60)63-56-57(55-62-54-51-48-45-42-39-36-27-24-21-18-15-12-9-6-3)64-59(61)53-50-47-44-41-38-35-32-26-23-20-17-14-11-8-5-2/h8,11,17,20,26,32,38,41,47,50,57H,4-7,9-10,12-16,18-19,21-25,27-31,33-37,39-40,42-46,48-49,51-56H2,1-3H3/b11-8-,20-17-,32-26-,41-38-,50-47-. The van der Waals surface area contributed by atoms with E-state index in [1.807, 2.05) is 12.2 Å². The second-order valence-electron chi connectivity index (χ2n) is 18.5. The Labute approximate surface area is 398 Å². The van der Waals surface area contributed by atoms with Crippen molar-refractivity contribution in [3.05, 3.63) is 60.8 Å². The number of esters is 2. The van der Waals surface area contributed by atoms with E-state index in [0.29, 0.717) is 13.0 Å². The smallest absolute Gasteiger partial charge is 0.310 e. The quantitative estimate of drug-likeness (QED) is 0.0346. The molecule has 0 radical (unpaired) electrons. The van der Waals surface area contributed by atoms with Crippen molar-refractivity contribution in [3.8, 4) is 0 Å². The first kappa shape index (κ1) is 61.6. The molecule has 0 heterocycles. The lowest BCUT2D eigenvalue weighted by Gasteiger charge is -2.18. The minimum absolute atomic E-state index is 0.0497. The van der Waals surface area contributed by atoms with Crippen molar-refractivity contribution in [2.24, 2.45) is 0 Å². The SMILES string of the molecule is CC/C=C\C/C=C\C/C=C\C/C=C\C/C=C\CC(=O)OC(COCCCCCCCCCCCCCCCC)COC(=O)CCCCCCCCCCCCCCCCCCCCC. The lowest BCUT2D eigenvalue weighted by Crippen LogP contribution is -2.29. The number of hydrogen-bond donors (Lipinski definition) is 0. The van der Waals surface area contributed by atoms with Crippen molar-refractivity contribution in [2.75, 3.05) is 19.8 Å². The van der Waals surface area contributed by atoms with Crippen molar-refractivity contribution in [1.29, 1.82) is 0 Å². The Balaban J connectivity index is 4.31. The molecule has 0 aliphatic carbocycles. The number of allylic oxidation sites excluding steroid dienone is 9. The summed E-state index contributed by atoms with van der Waals surface area (Å²) in [5.41, 5.74) is 0. The van der Waals surface area contributed by atoms with Crippen LogP contribution in [-0.2, 0) is 23.8 Å². The zero-order valence-electron chi connectivity index (χ0n) is 42.8. The van der Waals surface area contributed by atoms with E-state index in [1.54, 1.807) is 0 Å². The van der Waals surface area contributed by atoms with Gasteiger partial charge in [0.2, 0.25) is 0 Å². The first-order chi connectivity index (χ1) is 31.6. The molecule has 64 heavy (non-hydrogen) atoms.